The van der Waals surface area contributed by atoms with E-state index in [2.05, 4.69) is 12.1 Å². The summed E-state index contributed by atoms with van der Waals surface area (Å²) in [6.07, 6.45) is 0. The molecule has 0 aliphatic carbocycles. The van der Waals surface area contributed by atoms with Gasteiger partial charge in [0.15, 0.2) is 0 Å². The molecule has 0 saturated heterocycles. The van der Waals surface area contributed by atoms with Crippen LogP contribution in [0.5, 0.6) is 11.5 Å². The van der Waals surface area contributed by atoms with Crippen LogP contribution in [0.15, 0.2) is 121 Å². The minimum absolute atomic E-state index is 0.144. The van der Waals surface area contributed by atoms with E-state index in [0.717, 1.165) is 43.8 Å². The molecule has 162 valence electrons. The molecule has 0 saturated carbocycles. The summed E-state index contributed by atoms with van der Waals surface area (Å²) in [7, 11) is 0. The van der Waals surface area contributed by atoms with Crippen LogP contribution in [-0.4, -0.2) is 10.2 Å². The summed E-state index contributed by atoms with van der Waals surface area (Å²) in [6, 6.07) is 39.9. The van der Waals surface area contributed by atoms with Crippen molar-refractivity contribution in [2.45, 2.75) is 0 Å². The normalized spacial score (nSPS) is 11.2. The Morgan fingerprint density at radius 3 is 1.06 bits per heavy atom. The van der Waals surface area contributed by atoms with Crippen LogP contribution in [0.2, 0.25) is 0 Å². The van der Waals surface area contributed by atoms with Crippen LogP contribution in [0, 0.1) is 0 Å². The van der Waals surface area contributed by atoms with E-state index in [9.17, 15) is 10.2 Å². The standard InChI is InChI=1S/C32H22O2/c33-29-19-27(21-11-3-1-4-12-21)23-15-7-9-17-25(23)31(29)32-26-18-10-8-16-24(26)28(20-30(32)34)22-13-5-2-6-14-22/h1-20,33-34H. The highest BCUT2D eigenvalue weighted by atomic mass is 16.3. The monoisotopic (exact) mass is 438 g/mol. The molecule has 0 atom stereocenters. The number of phenolic OH excluding ortho intramolecular Hbond substituents is 2. The summed E-state index contributed by atoms with van der Waals surface area (Å²) in [6.45, 7) is 0. The number of hydrogen-bond donors (Lipinski definition) is 2. The number of fused-ring (bicyclic) bond motifs is 2. The lowest BCUT2D eigenvalue weighted by Gasteiger charge is -2.18. The quantitative estimate of drug-likeness (QED) is 0.291. The molecule has 0 fully saturated rings. The number of phenols is 2. The molecule has 0 spiro atoms. The molecule has 6 aromatic rings. The maximum atomic E-state index is 11.4. The molecule has 0 radical (unpaired) electrons. The fourth-order valence-corrected chi connectivity index (χ4v) is 4.96. The van der Waals surface area contributed by atoms with Crippen LogP contribution in [0.25, 0.3) is 54.9 Å². The molecular weight excluding hydrogens is 416 g/mol. The van der Waals surface area contributed by atoms with E-state index >= 15 is 0 Å². The van der Waals surface area contributed by atoms with Gasteiger partial charge in [-0.2, -0.15) is 0 Å². The zero-order chi connectivity index (χ0) is 23.1. The molecule has 0 amide bonds. The third-order valence-corrected chi connectivity index (χ3v) is 6.47. The smallest absolute Gasteiger partial charge is 0.124 e. The van der Waals surface area contributed by atoms with E-state index in [0.29, 0.717) is 11.1 Å². The maximum Gasteiger partial charge on any atom is 0.124 e. The van der Waals surface area contributed by atoms with E-state index in [1.807, 2.05) is 109 Å². The van der Waals surface area contributed by atoms with Gasteiger partial charge in [0, 0.05) is 11.1 Å². The van der Waals surface area contributed by atoms with Crippen molar-refractivity contribution >= 4 is 21.5 Å². The third-order valence-electron chi connectivity index (χ3n) is 6.47. The Bertz CT molecular complexity index is 1530. The fraction of sp³-hybridized carbons (Fsp3) is 0. The van der Waals surface area contributed by atoms with Gasteiger partial charge in [-0.05, 0) is 55.9 Å². The molecule has 34 heavy (non-hydrogen) atoms. The van der Waals surface area contributed by atoms with Crippen LogP contribution in [0.3, 0.4) is 0 Å². The van der Waals surface area contributed by atoms with Crippen LogP contribution < -0.4 is 0 Å². The molecule has 6 aromatic carbocycles. The van der Waals surface area contributed by atoms with Gasteiger partial charge < -0.3 is 10.2 Å². The average Bonchev–Trinajstić information content (AvgIpc) is 2.90. The zero-order valence-corrected chi connectivity index (χ0v) is 18.4. The Kier molecular flexibility index (Phi) is 4.78. The summed E-state index contributed by atoms with van der Waals surface area (Å²) >= 11 is 0. The topological polar surface area (TPSA) is 40.5 Å². The van der Waals surface area contributed by atoms with Gasteiger partial charge in [0.05, 0.1) is 0 Å². The molecule has 2 nitrogen and oxygen atoms in total. The maximum absolute atomic E-state index is 11.4. The lowest BCUT2D eigenvalue weighted by Crippen LogP contribution is -1.91. The van der Waals surface area contributed by atoms with Gasteiger partial charge >= 0.3 is 0 Å². The van der Waals surface area contributed by atoms with Crippen molar-refractivity contribution in [3.05, 3.63) is 121 Å². The van der Waals surface area contributed by atoms with Crippen LogP contribution in [-0.2, 0) is 0 Å². The summed E-state index contributed by atoms with van der Waals surface area (Å²) in [4.78, 5) is 0. The highest BCUT2D eigenvalue weighted by Gasteiger charge is 2.21. The Labute approximate surface area is 198 Å². The number of benzene rings is 6. The van der Waals surface area contributed by atoms with E-state index in [1.165, 1.54) is 0 Å². The Morgan fingerprint density at radius 2 is 0.676 bits per heavy atom. The summed E-state index contributed by atoms with van der Waals surface area (Å²) in [5, 5.41) is 26.6. The van der Waals surface area contributed by atoms with Crippen molar-refractivity contribution in [2.75, 3.05) is 0 Å². The van der Waals surface area contributed by atoms with Crippen molar-refractivity contribution in [2.24, 2.45) is 0 Å². The van der Waals surface area contributed by atoms with Gasteiger partial charge in [-0.15, -0.1) is 0 Å². The van der Waals surface area contributed by atoms with Gasteiger partial charge in [-0.3, -0.25) is 0 Å². The van der Waals surface area contributed by atoms with Crippen molar-refractivity contribution in [1.82, 2.24) is 0 Å². The zero-order valence-electron chi connectivity index (χ0n) is 18.4. The van der Waals surface area contributed by atoms with Crippen molar-refractivity contribution in [3.63, 3.8) is 0 Å². The van der Waals surface area contributed by atoms with Crippen molar-refractivity contribution < 1.29 is 10.2 Å². The molecular formula is C32H22O2. The average molecular weight is 439 g/mol. The number of hydrogen-bond acceptors (Lipinski definition) is 2. The molecule has 0 aromatic heterocycles. The number of aromatic hydroxyl groups is 2. The van der Waals surface area contributed by atoms with Crippen LogP contribution >= 0.6 is 0 Å². The van der Waals surface area contributed by atoms with Gasteiger partial charge in [0.2, 0.25) is 0 Å². The Balaban J connectivity index is 1.70. The molecule has 6 rings (SSSR count). The van der Waals surface area contributed by atoms with Crippen LogP contribution in [0.1, 0.15) is 0 Å². The van der Waals surface area contributed by atoms with E-state index in [4.69, 9.17) is 0 Å². The summed E-state index contributed by atoms with van der Waals surface area (Å²) in [5.74, 6) is 0.288. The number of rotatable bonds is 3. The van der Waals surface area contributed by atoms with Gasteiger partial charge in [-0.25, -0.2) is 0 Å². The first-order valence-electron chi connectivity index (χ1n) is 11.3. The first-order valence-corrected chi connectivity index (χ1v) is 11.3. The molecule has 0 heterocycles. The lowest BCUT2D eigenvalue weighted by atomic mass is 9.86. The minimum Gasteiger partial charge on any atom is -0.507 e. The van der Waals surface area contributed by atoms with Crippen molar-refractivity contribution in [3.8, 4) is 44.9 Å². The Hall–Kier alpha value is -4.56. The van der Waals surface area contributed by atoms with Crippen LogP contribution in [0.4, 0.5) is 0 Å². The SMILES string of the molecule is Oc1cc(-c2ccccc2)c2ccccc2c1-c1c(O)cc(-c2ccccc2)c2ccccc12. The molecule has 2 N–H and O–H groups in total. The van der Waals surface area contributed by atoms with E-state index in [-0.39, 0.29) is 11.5 Å². The predicted octanol–water partition coefficient (Wildman–Crippen LogP) is 8.41. The van der Waals surface area contributed by atoms with Crippen molar-refractivity contribution in [1.29, 1.82) is 0 Å². The van der Waals surface area contributed by atoms with Gasteiger partial charge in [0.1, 0.15) is 11.5 Å². The first kappa shape index (κ1) is 20.1. The van der Waals surface area contributed by atoms with E-state index in [1.54, 1.807) is 0 Å². The largest absolute Gasteiger partial charge is 0.507 e. The third kappa shape index (κ3) is 3.20. The highest BCUT2D eigenvalue weighted by molar-refractivity contribution is 6.15. The predicted molar refractivity (Wildman–Crippen MR) is 141 cm³/mol. The molecule has 0 aliphatic heterocycles. The summed E-state index contributed by atoms with van der Waals surface area (Å²) < 4.78 is 0. The second kappa shape index (κ2) is 8.09. The first-order chi connectivity index (χ1) is 16.7. The second-order valence-electron chi connectivity index (χ2n) is 8.46. The molecule has 0 unspecified atom stereocenters. The van der Waals surface area contributed by atoms with Gasteiger partial charge in [-0.1, -0.05) is 109 Å². The molecule has 0 bridgehead atoms. The second-order valence-corrected chi connectivity index (χ2v) is 8.46. The molecule has 2 heteroatoms. The fourth-order valence-electron chi connectivity index (χ4n) is 4.96. The minimum atomic E-state index is 0.144. The summed E-state index contributed by atoms with van der Waals surface area (Å²) in [5.41, 5.74) is 5.28. The Morgan fingerprint density at radius 1 is 0.353 bits per heavy atom. The highest BCUT2D eigenvalue weighted by Crippen LogP contribution is 2.49. The van der Waals surface area contributed by atoms with Gasteiger partial charge in [0.25, 0.3) is 0 Å². The lowest BCUT2D eigenvalue weighted by molar-refractivity contribution is 0.470. The van der Waals surface area contributed by atoms with E-state index < -0.39 is 0 Å². The molecule has 0 aliphatic rings.